The van der Waals surface area contributed by atoms with Crippen LogP contribution in [0.3, 0.4) is 0 Å². The monoisotopic (exact) mass is 450 g/mol. The number of carbonyl (C=O) groups excluding carboxylic acids is 3. The summed E-state index contributed by atoms with van der Waals surface area (Å²) in [4.78, 5) is 36.7. The third kappa shape index (κ3) is 7.51. The van der Waals surface area contributed by atoms with Crippen molar-refractivity contribution in [3.05, 3.63) is 78.3 Å². The molecule has 0 bridgehead atoms. The van der Waals surface area contributed by atoms with Crippen molar-refractivity contribution in [2.24, 2.45) is 0 Å². The van der Waals surface area contributed by atoms with Gasteiger partial charge in [0, 0.05) is 42.9 Å². The van der Waals surface area contributed by atoms with E-state index in [0.29, 0.717) is 35.8 Å². The maximum absolute atomic E-state index is 12.4. The van der Waals surface area contributed by atoms with Gasteiger partial charge in [-0.1, -0.05) is 12.1 Å². The number of hydrogen-bond donors (Lipinski definition) is 4. The van der Waals surface area contributed by atoms with Gasteiger partial charge in [-0.05, 0) is 55.0 Å². The van der Waals surface area contributed by atoms with Crippen LogP contribution in [-0.2, 0) is 9.53 Å². The van der Waals surface area contributed by atoms with Crippen LogP contribution in [0.25, 0.3) is 0 Å². The number of hydrogen-bond acceptors (Lipinski definition) is 6. The van der Waals surface area contributed by atoms with Crippen molar-refractivity contribution >= 4 is 34.8 Å². The van der Waals surface area contributed by atoms with Crippen LogP contribution in [0, 0.1) is 0 Å². The van der Waals surface area contributed by atoms with E-state index in [2.05, 4.69) is 21.3 Å². The van der Waals surface area contributed by atoms with E-state index < -0.39 is 0 Å². The van der Waals surface area contributed by atoms with E-state index in [1.165, 1.54) is 6.26 Å². The highest BCUT2D eigenvalue weighted by molar-refractivity contribution is 6.02. The van der Waals surface area contributed by atoms with Gasteiger partial charge in [0.1, 0.15) is 0 Å². The van der Waals surface area contributed by atoms with Crippen LogP contribution in [-0.4, -0.2) is 44.5 Å². The molecule has 9 heteroatoms. The van der Waals surface area contributed by atoms with Crippen LogP contribution in [0.15, 0.2) is 71.3 Å². The Morgan fingerprint density at radius 1 is 0.879 bits per heavy atom. The SMILES string of the molecule is COCCCNC(=O)c1cccc(NC(=O)CNc2cccc(NC(=O)c3ccco3)c2)c1. The molecule has 0 radical (unpaired) electrons. The van der Waals surface area contributed by atoms with Crippen molar-refractivity contribution in [3.63, 3.8) is 0 Å². The van der Waals surface area contributed by atoms with Gasteiger partial charge in [-0.25, -0.2) is 0 Å². The summed E-state index contributed by atoms with van der Waals surface area (Å²) in [5.74, 6) is -0.650. The average Bonchev–Trinajstić information content (AvgIpc) is 3.36. The number of benzene rings is 2. The molecule has 1 heterocycles. The van der Waals surface area contributed by atoms with Gasteiger partial charge in [-0.15, -0.1) is 0 Å². The van der Waals surface area contributed by atoms with Gasteiger partial charge < -0.3 is 30.4 Å². The Kier molecular flexibility index (Phi) is 8.61. The molecule has 0 fully saturated rings. The van der Waals surface area contributed by atoms with E-state index in [1.807, 2.05) is 0 Å². The van der Waals surface area contributed by atoms with E-state index in [0.717, 1.165) is 6.42 Å². The Hall–Kier alpha value is -4.11. The standard InChI is InChI=1S/C24H26N4O5/c1-32-12-5-11-25-23(30)17-6-2-8-19(14-17)27-22(29)16-26-18-7-3-9-20(15-18)28-24(31)21-10-4-13-33-21/h2-4,6-10,13-15,26H,5,11-12,16H2,1H3,(H,25,30)(H,27,29)(H,28,31). The number of furan rings is 1. The molecule has 0 spiro atoms. The van der Waals surface area contributed by atoms with Crippen LogP contribution in [0.1, 0.15) is 27.3 Å². The summed E-state index contributed by atoms with van der Waals surface area (Å²) < 4.78 is 10.0. The molecule has 4 N–H and O–H groups in total. The Morgan fingerprint density at radius 3 is 2.39 bits per heavy atom. The lowest BCUT2D eigenvalue weighted by molar-refractivity contribution is -0.114. The van der Waals surface area contributed by atoms with Gasteiger partial charge in [0.2, 0.25) is 5.91 Å². The molecule has 3 aromatic rings. The summed E-state index contributed by atoms with van der Waals surface area (Å²) in [6.45, 7) is 1.08. The molecule has 2 aromatic carbocycles. The summed E-state index contributed by atoms with van der Waals surface area (Å²) in [5.41, 5.74) is 2.20. The van der Waals surface area contributed by atoms with E-state index in [1.54, 1.807) is 67.8 Å². The minimum absolute atomic E-state index is 0.00300. The third-order valence-corrected chi connectivity index (χ3v) is 4.54. The second-order valence-corrected chi connectivity index (χ2v) is 7.10. The molecule has 0 aliphatic heterocycles. The zero-order chi connectivity index (χ0) is 23.5. The molecule has 9 nitrogen and oxygen atoms in total. The Balaban J connectivity index is 1.49. The Morgan fingerprint density at radius 2 is 1.64 bits per heavy atom. The van der Waals surface area contributed by atoms with Crippen molar-refractivity contribution in [1.82, 2.24) is 5.32 Å². The van der Waals surface area contributed by atoms with Gasteiger partial charge in [0.25, 0.3) is 11.8 Å². The number of ether oxygens (including phenoxy) is 1. The second kappa shape index (κ2) is 12.1. The summed E-state index contributed by atoms with van der Waals surface area (Å²) >= 11 is 0. The number of methoxy groups -OCH3 is 1. The van der Waals surface area contributed by atoms with Crippen LogP contribution in [0.5, 0.6) is 0 Å². The van der Waals surface area contributed by atoms with Crippen molar-refractivity contribution in [2.75, 3.05) is 42.8 Å². The molecule has 33 heavy (non-hydrogen) atoms. The van der Waals surface area contributed by atoms with E-state index in [4.69, 9.17) is 9.15 Å². The lowest BCUT2D eigenvalue weighted by Gasteiger charge is -2.11. The average molecular weight is 450 g/mol. The molecule has 172 valence electrons. The van der Waals surface area contributed by atoms with Gasteiger partial charge >= 0.3 is 0 Å². The van der Waals surface area contributed by atoms with Gasteiger partial charge in [0.15, 0.2) is 5.76 Å². The molecule has 3 rings (SSSR count). The Bertz CT molecular complexity index is 1080. The van der Waals surface area contributed by atoms with Gasteiger partial charge in [-0.2, -0.15) is 0 Å². The predicted octanol–water partition coefficient (Wildman–Crippen LogP) is 3.35. The van der Waals surface area contributed by atoms with Crippen LogP contribution < -0.4 is 21.3 Å². The van der Waals surface area contributed by atoms with E-state index in [9.17, 15) is 14.4 Å². The van der Waals surface area contributed by atoms with Crippen LogP contribution in [0.2, 0.25) is 0 Å². The molecule has 0 unspecified atom stereocenters. The zero-order valence-corrected chi connectivity index (χ0v) is 18.2. The molecule has 0 aliphatic rings. The summed E-state index contributed by atoms with van der Waals surface area (Å²) in [6.07, 6.45) is 2.15. The third-order valence-electron chi connectivity index (χ3n) is 4.54. The first-order valence-electron chi connectivity index (χ1n) is 10.4. The van der Waals surface area contributed by atoms with Gasteiger partial charge in [0.05, 0.1) is 12.8 Å². The molecule has 0 saturated carbocycles. The summed E-state index contributed by atoms with van der Waals surface area (Å²) in [6, 6.07) is 16.9. The largest absolute Gasteiger partial charge is 0.459 e. The Labute approximate surface area is 191 Å². The van der Waals surface area contributed by atoms with Crippen LogP contribution >= 0.6 is 0 Å². The fraction of sp³-hybridized carbons (Fsp3) is 0.208. The summed E-state index contributed by atoms with van der Waals surface area (Å²) in [5, 5.41) is 11.3. The summed E-state index contributed by atoms with van der Waals surface area (Å²) in [7, 11) is 1.61. The molecule has 3 amide bonds. The highest BCUT2D eigenvalue weighted by atomic mass is 16.5. The maximum Gasteiger partial charge on any atom is 0.291 e. The molecule has 1 aromatic heterocycles. The first kappa shape index (κ1) is 23.6. The fourth-order valence-electron chi connectivity index (χ4n) is 2.95. The van der Waals surface area contributed by atoms with Crippen molar-refractivity contribution < 1.29 is 23.5 Å². The topological polar surface area (TPSA) is 122 Å². The first-order chi connectivity index (χ1) is 16.0. The zero-order valence-electron chi connectivity index (χ0n) is 18.2. The molecular weight excluding hydrogens is 424 g/mol. The highest BCUT2D eigenvalue weighted by Crippen LogP contribution is 2.16. The number of amides is 3. The molecule has 0 aliphatic carbocycles. The number of nitrogens with one attached hydrogen (secondary N) is 4. The number of anilines is 3. The fourth-order valence-corrected chi connectivity index (χ4v) is 2.95. The van der Waals surface area contributed by atoms with E-state index in [-0.39, 0.29) is 30.0 Å². The molecule has 0 atom stereocenters. The number of carbonyl (C=O) groups is 3. The van der Waals surface area contributed by atoms with Crippen LogP contribution in [0.4, 0.5) is 17.1 Å². The second-order valence-electron chi connectivity index (χ2n) is 7.10. The minimum Gasteiger partial charge on any atom is -0.459 e. The predicted molar refractivity (Wildman–Crippen MR) is 125 cm³/mol. The smallest absolute Gasteiger partial charge is 0.291 e. The van der Waals surface area contributed by atoms with Crippen molar-refractivity contribution in [2.45, 2.75) is 6.42 Å². The number of rotatable bonds is 11. The van der Waals surface area contributed by atoms with Crippen molar-refractivity contribution in [3.8, 4) is 0 Å². The molecule has 0 saturated heterocycles. The highest BCUT2D eigenvalue weighted by Gasteiger charge is 2.10. The molecular formula is C24H26N4O5. The van der Waals surface area contributed by atoms with Gasteiger partial charge in [-0.3, -0.25) is 14.4 Å². The van der Waals surface area contributed by atoms with Crippen molar-refractivity contribution in [1.29, 1.82) is 0 Å². The normalized spacial score (nSPS) is 10.3. The lowest BCUT2D eigenvalue weighted by atomic mass is 10.2. The minimum atomic E-state index is -0.363. The van der Waals surface area contributed by atoms with E-state index >= 15 is 0 Å². The quantitative estimate of drug-likeness (QED) is 0.333. The first-order valence-corrected chi connectivity index (χ1v) is 10.4. The maximum atomic E-state index is 12.4. The lowest BCUT2D eigenvalue weighted by Crippen LogP contribution is -2.25.